The van der Waals surface area contributed by atoms with Gasteiger partial charge < -0.3 is 14.6 Å². The molecule has 1 N–H and O–H groups in total. The normalized spacial score (nSPS) is 11.0. The second-order valence-electron chi connectivity index (χ2n) is 6.57. The summed E-state index contributed by atoms with van der Waals surface area (Å²) in [5.74, 6) is 2.35. The van der Waals surface area contributed by atoms with Crippen LogP contribution in [0.4, 0.5) is 5.82 Å². The Hall–Kier alpha value is -2.60. The maximum absolute atomic E-state index is 12.3. The SMILES string of the molecule is CCCN(CCC(=O)NCc1ccco1)c1nc(CC)nc2cc(Cl)ccc12. The van der Waals surface area contributed by atoms with E-state index in [0.717, 1.165) is 47.7 Å². The highest BCUT2D eigenvalue weighted by atomic mass is 35.5. The number of carbonyl (C=O) groups excluding carboxylic acids is 1. The Morgan fingerprint density at radius 2 is 2.07 bits per heavy atom. The molecule has 2 aromatic heterocycles. The number of benzene rings is 1. The molecule has 148 valence electrons. The number of carbonyl (C=O) groups is 1. The Labute approximate surface area is 169 Å². The van der Waals surface area contributed by atoms with Crippen molar-refractivity contribution >= 4 is 34.2 Å². The molecule has 0 saturated carbocycles. The first-order valence-electron chi connectivity index (χ1n) is 9.61. The van der Waals surface area contributed by atoms with E-state index in [1.165, 1.54) is 0 Å². The van der Waals surface area contributed by atoms with Crippen LogP contribution in [0.25, 0.3) is 10.9 Å². The van der Waals surface area contributed by atoms with Crippen molar-refractivity contribution in [3.8, 4) is 0 Å². The van der Waals surface area contributed by atoms with Gasteiger partial charge >= 0.3 is 0 Å². The minimum atomic E-state index is -0.0189. The third-order valence-corrected chi connectivity index (χ3v) is 4.68. The van der Waals surface area contributed by atoms with E-state index in [2.05, 4.69) is 22.1 Å². The minimum Gasteiger partial charge on any atom is -0.467 e. The predicted molar refractivity (Wildman–Crippen MR) is 112 cm³/mol. The molecule has 0 fully saturated rings. The summed E-state index contributed by atoms with van der Waals surface area (Å²) in [6.45, 7) is 5.93. The Kier molecular flexibility index (Phi) is 6.87. The van der Waals surface area contributed by atoms with Crippen LogP contribution in [0.5, 0.6) is 0 Å². The maximum Gasteiger partial charge on any atom is 0.222 e. The lowest BCUT2D eigenvalue weighted by Gasteiger charge is -2.25. The van der Waals surface area contributed by atoms with Gasteiger partial charge in [-0.2, -0.15) is 0 Å². The van der Waals surface area contributed by atoms with Crippen LogP contribution < -0.4 is 10.2 Å². The van der Waals surface area contributed by atoms with E-state index in [0.29, 0.717) is 24.5 Å². The number of rotatable bonds is 9. The van der Waals surface area contributed by atoms with Crippen molar-refractivity contribution < 1.29 is 9.21 Å². The zero-order chi connectivity index (χ0) is 19.9. The molecule has 0 aliphatic rings. The van der Waals surface area contributed by atoms with Crippen LogP contribution in [0.1, 0.15) is 38.3 Å². The molecule has 3 rings (SSSR count). The number of halogens is 1. The number of amides is 1. The van der Waals surface area contributed by atoms with Crippen LogP contribution in [0.15, 0.2) is 41.0 Å². The summed E-state index contributed by atoms with van der Waals surface area (Å²) in [4.78, 5) is 23.8. The molecule has 0 aliphatic carbocycles. The van der Waals surface area contributed by atoms with Crippen molar-refractivity contribution in [2.75, 3.05) is 18.0 Å². The van der Waals surface area contributed by atoms with Gasteiger partial charge in [-0.3, -0.25) is 4.79 Å². The van der Waals surface area contributed by atoms with Gasteiger partial charge in [-0.15, -0.1) is 0 Å². The smallest absolute Gasteiger partial charge is 0.222 e. The first kappa shape index (κ1) is 20.1. The monoisotopic (exact) mass is 400 g/mol. The van der Waals surface area contributed by atoms with Crippen LogP contribution in [0, 0.1) is 0 Å². The van der Waals surface area contributed by atoms with E-state index in [1.807, 2.05) is 37.3 Å². The topological polar surface area (TPSA) is 71.3 Å². The summed E-state index contributed by atoms with van der Waals surface area (Å²) in [5.41, 5.74) is 0.831. The molecule has 3 aromatic rings. The second kappa shape index (κ2) is 9.55. The van der Waals surface area contributed by atoms with Gasteiger partial charge in [0.1, 0.15) is 17.4 Å². The number of anilines is 1. The van der Waals surface area contributed by atoms with Crippen LogP contribution in [0.2, 0.25) is 5.02 Å². The summed E-state index contributed by atoms with van der Waals surface area (Å²) in [6, 6.07) is 9.31. The van der Waals surface area contributed by atoms with E-state index in [4.69, 9.17) is 21.0 Å². The van der Waals surface area contributed by atoms with Crippen molar-refractivity contribution in [3.63, 3.8) is 0 Å². The summed E-state index contributed by atoms with van der Waals surface area (Å²) in [6.07, 6.45) is 3.66. The summed E-state index contributed by atoms with van der Waals surface area (Å²) < 4.78 is 5.25. The van der Waals surface area contributed by atoms with Gasteiger partial charge in [0.25, 0.3) is 0 Å². The highest BCUT2D eigenvalue weighted by molar-refractivity contribution is 6.31. The molecule has 28 heavy (non-hydrogen) atoms. The van der Waals surface area contributed by atoms with Crippen LogP contribution in [-0.2, 0) is 17.8 Å². The number of nitrogens with zero attached hydrogens (tertiary/aromatic N) is 3. The van der Waals surface area contributed by atoms with Gasteiger partial charge in [-0.1, -0.05) is 25.4 Å². The van der Waals surface area contributed by atoms with Crippen LogP contribution >= 0.6 is 11.6 Å². The average Bonchev–Trinajstić information content (AvgIpc) is 3.22. The quantitative estimate of drug-likeness (QED) is 0.577. The number of aryl methyl sites for hydroxylation is 1. The number of hydrogen-bond acceptors (Lipinski definition) is 5. The van der Waals surface area contributed by atoms with Gasteiger partial charge in [-0.05, 0) is 36.8 Å². The van der Waals surface area contributed by atoms with Crippen molar-refractivity contribution in [2.45, 2.75) is 39.7 Å². The Bertz CT molecular complexity index is 928. The molecule has 1 aromatic carbocycles. The van der Waals surface area contributed by atoms with Crippen molar-refractivity contribution in [3.05, 3.63) is 53.2 Å². The lowest BCUT2D eigenvalue weighted by molar-refractivity contribution is -0.121. The lowest BCUT2D eigenvalue weighted by Crippen LogP contribution is -2.32. The molecule has 0 bridgehead atoms. The average molecular weight is 401 g/mol. The largest absolute Gasteiger partial charge is 0.467 e. The molecule has 2 heterocycles. The van der Waals surface area contributed by atoms with Gasteiger partial charge in [0.05, 0.1) is 18.3 Å². The maximum atomic E-state index is 12.3. The number of fused-ring (bicyclic) bond motifs is 1. The van der Waals surface area contributed by atoms with Gasteiger partial charge in [-0.25, -0.2) is 9.97 Å². The number of aromatic nitrogens is 2. The number of nitrogens with one attached hydrogen (secondary N) is 1. The molecule has 0 aliphatic heterocycles. The van der Waals surface area contributed by atoms with Gasteiger partial charge in [0.2, 0.25) is 5.91 Å². The second-order valence-corrected chi connectivity index (χ2v) is 7.01. The molecule has 0 atom stereocenters. The molecular weight excluding hydrogens is 376 g/mol. The van der Waals surface area contributed by atoms with E-state index in [-0.39, 0.29) is 5.91 Å². The summed E-state index contributed by atoms with van der Waals surface area (Å²) in [5, 5.41) is 4.49. The molecular formula is C21H25ClN4O2. The zero-order valence-electron chi connectivity index (χ0n) is 16.2. The van der Waals surface area contributed by atoms with E-state index in [1.54, 1.807) is 6.26 Å². The summed E-state index contributed by atoms with van der Waals surface area (Å²) >= 11 is 6.15. The number of furan rings is 1. The third kappa shape index (κ3) is 5.01. The van der Waals surface area contributed by atoms with E-state index >= 15 is 0 Å². The summed E-state index contributed by atoms with van der Waals surface area (Å²) in [7, 11) is 0. The standard InChI is InChI=1S/C21H25ClN4O2/c1-3-10-26(11-9-20(27)23-14-16-6-5-12-28-16)21-17-8-7-15(22)13-18(17)24-19(4-2)25-21/h5-8,12-13H,3-4,9-11,14H2,1-2H3,(H,23,27). The highest BCUT2D eigenvalue weighted by Crippen LogP contribution is 2.27. The van der Waals surface area contributed by atoms with E-state index in [9.17, 15) is 4.79 Å². The minimum absolute atomic E-state index is 0.0189. The van der Waals surface area contributed by atoms with Gasteiger partial charge in [0.15, 0.2) is 0 Å². The Morgan fingerprint density at radius 3 is 2.79 bits per heavy atom. The van der Waals surface area contributed by atoms with Crippen molar-refractivity contribution in [1.82, 2.24) is 15.3 Å². The van der Waals surface area contributed by atoms with Crippen LogP contribution in [-0.4, -0.2) is 29.0 Å². The zero-order valence-corrected chi connectivity index (χ0v) is 17.0. The number of hydrogen-bond donors (Lipinski definition) is 1. The molecule has 0 saturated heterocycles. The van der Waals surface area contributed by atoms with Crippen LogP contribution in [0.3, 0.4) is 0 Å². The lowest BCUT2D eigenvalue weighted by atomic mass is 10.2. The first-order chi connectivity index (χ1) is 13.6. The predicted octanol–water partition coefficient (Wildman–Crippen LogP) is 4.36. The fourth-order valence-corrected chi connectivity index (χ4v) is 3.22. The van der Waals surface area contributed by atoms with E-state index < -0.39 is 0 Å². The van der Waals surface area contributed by atoms with Crippen molar-refractivity contribution in [2.24, 2.45) is 0 Å². The Balaban J connectivity index is 1.76. The molecule has 6 nitrogen and oxygen atoms in total. The molecule has 0 unspecified atom stereocenters. The molecule has 1 amide bonds. The highest BCUT2D eigenvalue weighted by Gasteiger charge is 2.15. The third-order valence-electron chi connectivity index (χ3n) is 4.44. The fourth-order valence-electron chi connectivity index (χ4n) is 3.05. The molecule has 0 spiro atoms. The molecule has 0 radical (unpaired) electrons. The fraction of sp³-hybridized carbons (Fsp3) is 0.381. The van der Waals surface area contributed by atoms with Crippen molar-refractivity contribution in [1.29, 1.82) is 0 Å². The Morgan fingerprint density at radius 1 is 1.21 bits per heavy atom. The van der Waals surface area contributed by atoms with Gasteiger partial charge in [0, 0.05) is 36.3 Å². The molecule has 7 heteroatoms. The first-order valence-corrected chi connectivity index (χ1v) is 9.98.